The fourth-order valence-electron chi connectivity index (χ4n) is 1.48. The van der Waals surface area contributed by atoms with Crippen molar-refractivity contribution in [3.63, 3.8) is 0 Å². The Morgan fingerprint density at radius 3 is 2.69 bits per heavy atom. The quantitative estimate of drug-likeness (QED) is 0.615. The van der Waals surface area contributed by atoms with Crippen LogP contribution < -0.4 is 5.32 Å². The minimum atomic E-state index is -0.247. The number of oxime groups is 1. The molecule has 1 amide bonds. The lowest BCUT2D eigenvalue weighted by Gasteiger charge is -2.08. The van der Waals surface area contributed by atoms with Crippen molar-refractivity contribution in [1.82, 2.24) is 5.32 Å². The van der Waals surface area contributed by atoms with E-state index in [2.05, 4.69) is 10.5 Å². The molecule has 0 atom stereocenters. The molecule has 1 aromatic rings. The topological polar surface area (TPSA) is 50.7 Å². The first kappa shape index (κ1) is 12.2. The highest BCUT2D eigenvalue weighted by Gasteiger charge is 2.15. The summed E-state index contributed by atoms with van der Waals surface area (Å²) in [6.45, 7) is 2.03. The second-order valence-corrected chi connectivity index (χ2v) is 3.21. The van der Waals surface area contributed by atoms with Crippen molar-refractivity contribution in [2.45, 2.75) is 13.3 Å². The lowest BCUT2D eigenvalue weighted by molar-refractivity contribution is -0.114. The smallest absolute Gasteiger partial charge is 0.273 e. The summed E-state index contributed by atoms with van der Waals surface area (Å²) in [5, 5.41) is 6.33. The number of nitrogens with zero attached hydrogens (tertiary/aromatic N) is 1. The van der Waals surface area contributed by atoms with E-state index in [9.17, 15) is 4.79 Å². The summed E-state index contributed by atoms with van der Waals surface area (Å²) >= 11 is 0. The summed E-state index contributed by atoms with van der Waals surface area (Å²) in [6, 6.07) is 7.66. The number of carbonyl (C=O) groups excluding carboxylic acids is 1. The Kier molecular flexibility index (Phi) is 4.51. The first-order chi connectivity index (χ1) is 7.74. The van der Waals surface area contributed by atoms with Gasteiger partial charge in [-0.05, 0) is 12.0 Å². The molecule has 0 spiro atoms. The van der Waals surface area contributed by atoms with Gasteiger partial charge in [0.05, 0.1) is 0 Å². The number of hydrogen-bond donors (Lipinski definition) is 1. The number of likely N-dealkylation sites (N-methyl/N-ethyl adjacent to an activating group) is 1. The molecular weight excluding hydrogens is 204 g/mol. The zero-order valence-corrected chi connectivity index (χ0v) is 9.78. The zero-order valence-electron chi connectivity index (χ0n) is 9.78. The van der Waals surface area contributed by atoms with Crippen molar-refractivity contribution < 1.29 is 9.63 Å². The van der Waals surface area contributed by atoms with Crippen molar-refractivity contribution >= 4 is 11.6 Å². The summed E-state index contributed by atoms with van der Waals surface area (Å²) in [7, 11) is 3.00. The molecule has 1 aromatic carbocycles. The van der Waals surface area contributed by atoms with Crippen LogP contribution >= 0.6 is 0 Å². The van der Waals surface area contributed by atoms with E-state index in [-0.39, 0.29) is 5.91 Å². The highest BCUT2D eigenvalue weighted by atomic mass is 16.6. The molecular formula is C12H16N2O2. The largest absolute Gasteiger partial charge is 0.398 e. The van der Waals surface area contributed by atoms with E-state index in [1.54, 1.807) is 7.05 Å². The van der Waals surface area contributed by atoms with Crippen LogP contribution in [0.4, 0.5) is 0 Å². The lowest BCUT2D eigenvalue weighted by atomic mass is 10.0. The maximum Gasteiger partial charge on any atom is 0.273 e. The average molecular weight is 220 g/mol. The highest BCUT2D eigenvalue weighted by Crippen LogP contribution is 2.11. The van der Waals surface area contributed by atoms with Gasteiger partial charge in [0.2, 0.25) is 0 Å². The molecule has 0 heterocycles. The molecule has 0 fully saturated rings. The van der Waals surface area contributed by atoms with Crippen molar-refractivity contribution in [3.05, 3.63) is 35.4 Å². The summed E-state index contributed by atoms with van der Waals surface area (Å²) < 4.78 is 0. The molecule has 0 saturated carbocycles. The monoisotopic (exact) mass is 220 g/mol. The Labute approximate surface area is 95.3 Å². The Morgan fingerprint density at radius 1 is 1.44 bits per heavy atom. The third kappa shape index (κ3) is 2.59. The third-order valence-corrected chi connectivity index (χ3v) is 2.28. The number of benzene rings is 1. The second-order valence-electron chi connectivity index (χ2n) is 3.21. The number of nitrogens with one attached hydrogen (secondary N) is 1. The predicted molar refractivity (Wildman–Crippen MR) is 63.4 cm³/mol. The summed E-state index contributed by atoms with van der Waals surface area (Å²) in [5.41, 5.74) is 2.19. The molecule has 4 nitrogen and oxygen atoms in total. The molecule has 0 aliphatic carbocycles. The van der Waals surface area contributed by atoms with E-state index < -0.39 is 0 Å². The number of rotatable bonds is 4. The van der Waals surface area contributed by atoms with Crippen molar-refractivity contribution in [3.8, 4) is 0 Å². The Morgan fingerprint density at radius 2 is 2.12 bits per heavy atom. The van der Waals surface area contributed by atoms with Crippen LogP contribution in [0.25, 0.3) is 0 Å². The lowest BCUT2D eigenvalue weighted by Crippen LogP contribution is -2.29. The van der Waals surface area contributed by atoms with E-state index in [0.29, 0.717) is 5.71 Å². The Bertz CT molecular complexity index is 400. The molecule has 1 rings (SSSR count). The molecule has 0 unspecified atom stereocenters. The van der Waals surface area contributed by atoms with Crippen LogP contribution in [0, 0.1) is 0 Å². The van der Waals surface area contributed by atoms with Gasteiger partial charge in [0.15, 0.2) is 5.71 Å². The molecule has 1 N–H and O–H groups in total. The standard InChI is InChI=1S/C12H16N2O2/c1-4-9-7-5-6-8-10(9)11(14-16-3)12(15)13-2/h5-8H,4H2,1-3H3,(H,13,15)/b14-11+. The van der Waals surface area contributed by atoms with Gasteiger partial charge < -0.3 is 10.2 Å². The van der Waals surface area contributed by atoms with Crippen LogP contribution in [0.5, 0.6) is 0 Å². The SMILES string of the molecule is CCc1ccccc1/C(=N\OC)C(=O)NC. The van der Waals surface area contributed by atoms with E-state index in [0.717, 1.165) is 17.5 Å². The minimum Gasteiger partial charge on any atom is -0.398 e. The van der Waals surface area contributed by atoms with Crippen LogP contribution in [0.15, 0.2) is 29.4 Å². The fraction of sp³-hybridized carbons (Fsp3) is 0.333. The van der Waals surface area contributed by atoms with Crippen LogP contribution in [-0.4, -0.2) is 25.8 Å². The van der Waals surface area contributed by atoms with Gasteiger partial charge in [-0.3, -0.25) is 4.79 Å². The van der Waals surface area contributed by atoms with Crippen molar-refractivity contribution in [2.24, 2.45) is 5.16 Å². The van der Waals surface area contributed by atoms with E-state index in [4.69, 9.17) is 4.84 Å². The van der Waals surface area contributed by atoms with E-state index >= 15 is 0 Å². The molecule has 0 aliphatic heterocycles. The van der Waals surface area contributed by atoms with Crippen molar-refractivity contribution in [1.29, 1.82) is 0 Å². The van der Waals surface area contributed by atoms with Crippen molar-refractivity contribution in [2.75, 3.05) is 14.2 Å². The Balaban J connectivity index is 3.21. The Hall–Kier alpha value is -1.84. The molecule has 16 heavy (non-hydrogen) atoms. The predicted octanol–water partition coefficient (Wildman–Crippen LogP) is 1.35. The van der Waals surface area contributed by atoms with Crippen LogP contribution in [0.3, 0.4) is 0 Å². The molecule has 4 heteroatoms. The first-order valence-electron chi connectivity index (χ1n) is 5.16. The number of carbonyl (C=O) groups is 1. The van der Waals surface area contributed by atoms with Crippen LogP contribution in [-0.2, 0) is 16.1 Å². The summed E-state index contributed by atoms with van der Waals surface area (Å²) in [4.78, 5) is 16.4. The highest BCUT2D eigenvalue weighted by molar-refractivity contribution is 6.45. The van der Waals surface area contributed by atoms with Crippen LogP contribution in [0.2, 0.25) is 0 Å². The number of hydrogen-bond acceptors (Lipinski definition) is 3. The normalized spacial score (nSPS) is 11.1. The van der Waals surface area contributed by atoms with Gasteiger partial charge in [0, 0.05) is 12.6 Å². The summed E-state index contributed by atoms with van der Waals surface area (Å²) in [6.07, 6.45) is 0.843. The second kappa shape index (κ2) is 5.90. The average Bonchev–Trinajstić information content (AvgIpc) is 2.35. The van der Waals surface area contributed by atoms with E-state index in [1.807, 2.05) is 31.2 Å². The maximum atomic E-state index is 11.6. The maximum absolute atomic E-state index is 11.6. The van der Waals surface area contributed by atoms with Gasteiger partial charge in [0.25, 0.3) is 5.91 Å². The first-order valence-corrected chi connectivity index (χ1v) is 5.16. The number of amides is 1. The number of aryl methyl sites for hydroxylation is 1. The molecule has 0 saturated heterocycles. The molecule has 0 bridgehead atoms. The fourth-order valence-corrected chi connectivity index (χ4v) is 1.48. The summed E-state index contributed by atoms with van der Waals surface area (Å²) in [5.74, 6) is -0.247. The molecule has 0 aliphatic rings. The third-order valence-electron chi connectivity index (χ3n) is 2.28. The van der Waals surface area contributed by atoms with Gasteiger partial charge in [-0.2, -0.15) is 0 Å². The van der Waals surface area contributed by atoms with Gasteiger partial charge in [-0.1, -0.05) is 36.3 Å². The van der Waals surface area contributed by atoms with Gasteiger partial charge in [0.1, 0.15) is 7.11 Å². The molecule has 0 radical (unpaired) electrons. The van der Waals surface area contributed by atoms with Crippen LogP contribution in [0.1, 0.15) is 18.1 Å². The van der Waals surface area contributed by atoms with Gasteiger partial charge >= 0.3 is 0 Å². The minimum absolute atomic E-state index is 0.247. The van der Waals surface area contributed by atoms with E-state index in [1.165, 1.54) is 7.11 Å². The van der Waals surface area contributed by atoms with Gasteiger partial charge in [-0.15, -0.1) is 0 Å². The molecule has 86 valence electrons. The zero-order chi connectivity index (χ0) is 12.0. The molecule has 0 aromatic heterocycles. The van der Waals surface area contributed by atoms with Gasteiger partial charge in [-0.25, -0.2) is 0 Å².